The van der Waals surface area contributed by atoms with Gasteiger partial charge in [0.2, 0.25) is 4.96 Å². The maximum atomic E-state index is 5.84. The quantitative estimate of drug-likeness (QED) is 0.0886. The molecule has 278 valence electrons. The molecule has 0 rings (SSSR count). The van der Waals surface area contributed by atoms with E-state index in [0.717, 1.165) is 24.1 Å². The van der Waals surface area contributed by atoms with Gasteiger partial charge in [0.05, 0.1) is 57.0 Å². The fourth-order valence-electron chi connectivity index (χ4n) is 2.08. The fraction of sp³-hybridized carbons (Fsp3) is 1.00. The van der Waals surface area contributed by atoms with Crippen molar-refractivity contribution in [2.45, 2.75) is 105 Å². The molecule has 0 aromatic rings. The van der Waals surface area contributed by atoms with Crippen molar-refractivity contribution in [1.29, 1.82) is 0 Å². The Morgan fingerprint density at radius 3 is 0.465 bits per heavy atom. The topological polar surface area (TPSA) is 0 Å². The largest absolute Gasteiger partial charge is 0.296 e. The molecule has 0 atom stereocenters. The van der Waals surface area contributed by atoms with E-state index in [9.17, 15) is 0 Å². The third kappa shape index (κ3) is 141. The molecule has 0 aliphatic carbocycles. The molecular formula is C26H58Cl16N+. The molecule has 0 spiro atoms. The van der Waals surface area contributed by atoms with Gasteiger partial charge < -0.3 is 0 Å². The van der Waals surface area contributed by atoms with Crippen LogP contribution in [0, 0.1) is 0 Å². The monoisotopic (exact) mass is 944 g/mol. The molecule has 0 unspecified atom stereocenters. The first-order valence-electron chi connectivity index (χ1n) is 13.3. The summed E-state index contributed by atoms with van der Waals surface area (Å²) in [5.74, 6) is 0. The maximum Gasteiger partial charge on any atom is 0.241 e. The molecule has 17 heteroatoms. The highest BCUT2D eigenvalue weighted by molar-refractivity contribution is 6.43. The van der Waals surface area contributed by atoms with Gasteiger partial charge in [-0.15, -0.1) is 162 Å². The van der Waals surface area contributed by atoms with Crippen molar-refractivity contribution in [2.75, 3.05) is 57.0 Å². The summed E-state index contributed by atoms with van der Waals surface area (Å²) in [6.45, 7) is 18.3. The van der Waals surface area contributed by atoms with Crippen LogP contribution in [0.2, 0.25) is 0 Å². The minimum absolute atomic E-state index is 0.194. The maximum absolute atomic E-state index is 5.84. The lowest BCUT2D eigenvalue weighted by Gasteiger charge is -2.36. The van der Waals surface area contributed by atoms with Gasteiger partial charge >= 0.3 is 0 Å². The zero-order valence-corrected chi connectivity index (χ0v) is 38.9. The Hall–Kier alpha value is 4.60. The van der Waals surface area contributed by atoms with Gasteiger partial charge in [-0.2, -0.15) is 0 Å². The van der Waals surface area contributed by atoms with E-state index in [2.05, 4.69) is 48.5 Å². The van der Waals surface area contributed by atoms with E-state index in [0.29, 0.717) is 0 Å². The van der Waals surface area contributed by atoms with Crippen LogP contribution in [0.1, 0.15) is 99.8 Å². The molecule has 0 aliphatic rings. The molecule has 0 radical (unpaired) electrons. The van der Waals surface area contributed by atoms with Crippen LogP contribution in [0.4, 0.5) is 0 Å². The summed E-state index contributed by atoms with van der Waals surface area (Å²) in [7, 11) is 0. The van der Waals surface area contributed by atoms with Gasteiger partial charge in [0.25, 0.3) is 0 Å². The number of nitrogens with zero attached hydrogens (tertiary/aromatic N) is 1. The van der Waals surface area contributed by atoms with Crippen molar-refractivity contribution in [2.24, 2.45) is 0 Å². The summed E-state index contributed by atoms with van der Waals surface area (Å²) in [5.41, 5.74) is 0. The average molecular weight is 952 g/mol. The highest BCUT2D eigenvalue weighted by atomic mass is 35.6. The summed E-state index contributed by atoms with van der Waals surface area (Å²) in [4.78, 5) is -0.278. The van der Waals surface area contributed by atoms with Crippen molar-refractivity contribution in [3.05, 3.63) is 0 Å². The van der Waals surface area contributed by atoms with Crippen LogP contribution in [-0.2, 0) is 0 Å². The number of unbranched alkanes of at least 4 members (excludes halogenated alkanes) is 6. The Kier molecular flexibility index (Phi) is 165. The van der Waals surface area contributed by atoms with Gasteiger partial charge in [-0.1, -0.05) is 79.1 Å². The summed E-state index contributed by atoms with van der Waals surface area (Å²) in [5, 5.41) is 1.36. The second-order valence-electron chi connectivity index (χ2n) is 6.57. The van der Waals surface area contributed by atoms with Crippen molar-refractivity contribution in [1.82, 2.24) is 0 Å². The molecule has 43 heavy (non-hydrogen) atoms. The van der Waals surface area contributed by atoms with E-state index < -0.39 is 0 Å². The Morgan fingerprint density at radius 1 is 0.326 bits per heavy atom. The van der Waals surface area contributed by atoms with Crippen molar-refractivity contribution < 1.29 is 4.48 Å². The predicted molar refractivity (Wildman–Crippen MR) is 223 cm³/mol. The van der Waals surface area contributed by atoms with Gasteiger partial charge in [0, 0.05) is 0 Å². The number of quaternary nitrogens is 1. The van der Waals surface area contributed by atoms with Crippen LogP contribution in [0.25, 0.3) is 0 Å². The molecule has 0 amide bonds. The molecule has 0 fully saturated rings. The Morgan fingerprint density at radius 2 is 0.442 bits per heavy atom. The first-order chi connectivity index (χ1) is 20.4. The molecular weight excluding hydrogens is 894 g/mol. The Bertz CT molecular complexity index is 252. The van der Waals surface area contributed by atoms with E-state index >= 15 is 0 Å². The van der Waals surface area contributed by atoms with Crippen LogP contribution < -0.4 is 0 Å². The lowest BCUT2D eigenvalue weighted by molar-refractivity contribution is -0.923. The van der Waals surface area contributed by atoms with E-state index in [1.54, 1.807) is 0 Å². The van der Waals surface area contributed by atoms with Crippen LogP contribution in [0.5, 0.6) is 0 Å². The van der Waals surface area contributed by atoms with Crippen LogP contribution >= 0.6 is 186 Å². The SMILES string of the molecule is CCCCCC.CCCCCC.CC[N+](CC)(CC)C(Cl)Cl.ClCCl.ClCCl.ClCCl.ClCCl.ClCCl.ClCCl.ClCCl. The summed E-state index contributed by atoms with van der Waals surface area (Å²) < 4.78 is 0.795. The normalized spacial score (nSPS) is 8.37. The summed E-state index contributed by atoms with van der Waals surface area (Å²) in [6.07, 6.45) is 11.1. The fourth-order valence-corrected chi connectivity index (χ4v) is 2.91. The smallest absolute Gasteiger partial charge is 0.241 e. The van der Waals surface area contributed by atoms with Crippen molar-refractivity contribution >= 4 is 186 Å². The summed E-state index contributed by atoms with van der Waals surface area (Å²) >= 11 is 78.4. The lowest BCUT2D eigenvalue weighted by atomic mass is 10.2. The van der Waals surface area contributed by atoms with Crippen LogP contribution in [0.3, 0.4) is 0 Å². The number of alkyl halides is 16. The third-order valence-electron chi connectivity index (χ3n) is 4.22. The van der Waals surface area contributed by atoms with Gasteiger partial charge in [-0.05, 0) is 44.0 Å². The van der Waals surface area contributed by atoms with E-state index in [-0.39, 0.29) is 42.3 Å². The molecule has 0 saturated heterocycles. The molecule has 0 aromatic heterocycles. The first kappa shape index (κ1) is 73.1. The zero-order chi connectivity index (χ0) is 36.8. The molecule has 0 aromatic carbocycles. The second kappa shape index (κ2) is 97.0. The second-order valence-corrected chi connectivity index (χ2v) is 13.3. The zero-order valence-electron chi connectivity index (χ0n) is 26.8. The van der Waals surface area contributed by atoms with E-state index in [1.807, 2.05) is 0 Å². The van der Waals surface area contributed by atoms with Gasteiger partial charge in [-0.3, -0.25) is 4.48 Å². The third-order valence-corrected chi connectivity index (χ3v) is 5.05. The first-order valence-corrected chi connectivity index (χ1v) is 21.7. The van der Waals surface area contributed by atoms with E-state index in [1.165, 1.54) is 51.4 Å². The van der Waals surface area contributed by atoms with Crippen molar-refractivity contribution in [3.63, 3.8) is 0 Å². The van der Waals surface area contributed by atoms with Crippen LogP contribution in [0.15, 0.2) is 0 Å². The molecule has 0 heterocycles. The van der Waals surface area contributed by atoms with Gasteiger partial charge in [-0.25, -0.2) is 0 Å². The molecule has 0 aliphatic heterocycles. The lowest BCUT2D eigenvalue weighted by Crippen LogP contribution is -2.50. The number of rotatable bonds is 10. The number of halogens is 16. The molecule has 1 nitrogen and oxygen atoms in total. The standard InChI is InChI=1S/C7H16Cl2N.2C6H14.7CH2Cl2/c1-4-10(5-2,6-3)7(8)9;2*1-3-5-6-4-2;7*2-1-3/h7H,4-6H2,1-3H3;2*3-6H2,1-2H3;7*1H2/q+1;;;;;;;;;. The molecule has 0 saturated carbocycles. The summed E-state index contributed by atoms with van der Waals surface area (Å²) in [6, 6.07) is 0. The molecule has 0 N–H and O–H groups in total. The average Bonchev–Trinajstić information content (AvgIpc) is 2.96. The number of hydrogen-bond acceptors (Lipinski definition) is 0. The van der Waals surface area contributed by atoms with Crippen LogP contribution in [-0.4, -0.2) is 66.5 Å². The van der Waals surface area contributed by atoms with Gasteiger partial charge in [0.15, 0.2) is 0 Å². The van der Waals surface area contributed by atoms with E-state index in [4.69, 9.17) is 186 Å². The number of hydrogen-bond donors (Lipinski definition) is 0. The Balaban J connectivity index is -0.0000000368. The minimum Gasteiger partial charge on any atom is -0.296 e. The molecule has 0 bridgehead atoms. The van der Waals surface area contributed by atoms with Gasteiger partial charge in [0.1, 0.15) is 0 Å². The highest BCUT2D eigenvalue weighted by Crippen LogP contribution is 2.19. The minimum atomic E-state index is -0.278. The highest BCUT2D eigenvalue weighted by Gasteiger charge is 2.28. The predicted octanol–water partition coefficient (Wildman–Crippen LogP) is 17.7. The van der Waals surface area contributed by atoms with Crippen molar-refractivity contribution in [3.8, 4) is 0 Å². The Labute approximate surface area is 348 Å².